The normalized spacial score (nSPS) is 15.3. The summed E-state index contributed by atoms with van der Waals surface area (Å²) in [6.07, 6.45) is 3.04. The maximum absolute atomic E-state index is 13.6. The van der Waals surface area contributed by atoms with E-state index in [1.807, 2.05) is 20.1 Å². The van der Waals surface area contributed by atoms with Gasteiger partial charge in [-0.1, -0.05) is 13.8 Å². The highest BCUT2D eigenvalue weighted by Gasteiger charge is 2.35. The van der Waals surface area contributed by atoms with E-state index >= 15 is 0 Å². The number of Topliss-reactive ketones (excluding diaryl/α,β-unsaturated/α-hetero) is 1. The Labute approximate surface area is 203 Å². The van der Waals surface area contributed by atoms with E-state index in [1.54, 1.807) is 31.4 Å². The number of hydrogen-bond acceptors (Lipinski definition) is 7. The van der Waals surface area contributed by atoms with Gasteiger partial charge in [-0.3, -0.25) is 19.0 Å². The van der Waals surface area contributed by atoms with Crippen LogP contribution in [-0.2, 0) is 16.0 Å². The lowest BCUT2D eigenvalue weighted by Gasteiger charge is -2.32. The zero-order valence-electron chi connectivity index (χ0n) is 20.1. The van der Waals surface area contributed by atoms with Crippen molar-refractivity contribution in [3.63, 3.8) is 0 Å². The van der Waals surface area contributed by atoms with E-state index in [0.29, 0.717) is 47.7 Å². The number of methoxy groups -OCH3 is 2. The highest BCUT2D eigenvalue weighted by Crippen LogP contribution is 2.35. The van der Waals surface area contributed by atoms with E-state index in [9.17, 15) is 19.2 Å². The molecule has 1 aliphatic carbocycles. The van der Waals surface area contributed by atoms with Gasteiger partial charge in [0, 0.05) is 23.4 Å². The van der Waals surface area contributed by atoms with Crippen LogP contribution >= 0.6 is 11.8 Å². The number of nitrogens with one attached hydrogen (secondary N) is 1. The average Bonchev–Trinajstić information content (AvgIpc) is 2.80. The molecule has 3 rings (SSSR count). The molecule has 1 atom stereocenters. The van der Waals surface area contributed by atoms with Crippen molar-refractivity contribution in [1.82, 2.24) is 9.88 Å². The van der Waals surface area contributed by atoms with Gasteiger partial charge in [-0.15, -0.1) is 0 Å². The van der Waals surface area contributed by atoms with Crippen molar-refractivity contribution in [3.05, 3.63) is 57.5 Å². The SMILES string of the molecule is COC(=O)C(CCSC)NC(=O)c1cc2c(n(-c3ccc(OC)cc3)c1=O)CC(C)(C)CC2=O. The highest BCUT2D eigenvalue weighted by molar-refractivity contribution is 7.98. The number of carbonyl (C=O) groups is 3. The summed E-state index contributed by atoms with van der Waals surface area (Å²) in [5.41, 5.74) is 0.358. The molecule has 1 aliphatic rings. The Kier molecular flexibility index (Phi) is 7.86. The molecule has 0 spiro atoms. The van der Waals surface area contributed by atoms with Crippen LogP contribution in [0.25, 0.3) is 5.69 Å². The van der Waals surface area contributed by atoms with Crippen molar-refractivity contribution >= 4 is 29.4 Å². The van der Waals surface area contributed by atoms with E-state index in [2.05, 4.69) is 5.32 Å². The van der Waals surface area contributed by atoms with Crippen LogP contribution in [0.3, 0.4) is 0 Å². The van der Waals surface area contributed by atoms with E-state index in [1.165, 1.54) is 29.5 Å². The van der Waals surface area contributed by atoms with Gasteiger partial charge in [0.2, 0.25) is 0 Å². The molecule has 182 valence electrons. The summed E-state index contributed by atoms with van der Waals surface area (Å²) < 4.78 is 11.5. The smallest absolute Gasteiger partial charge is 0.328 e. The van der Waals surface area contributed by atoms with Crippen LogP contribution in [0, 0.1) is 5.41 Å². The van der Waals surface area contributed by atoms with Gasteiger partial charge in [0.25, 0.3) is 11.5 Å². The summed E-state index contributed by atoms with van der Waals surface area (Å²) in [6.45, 7) is 3.95. The fraction of sp³-hybridized carbons (Fsp3) is 0.440. The molecule has 1 amide bonds. The van der Waals surface area contributed by atoms with Crippen molar-refractivity contribution in [3.8, 4) is 11.4 Å². The van der Waals surface area contributed by atoms with Crippen molar-refractivity contribution in [1.29, 1.82) is 0 Å². The van der Waals surface area contributed by atoms with E-state index < -0.39 is 23.5 Å². The second kappa shape index (κ2) is 10.5. The Morgan fingerprint density at radius 1 is 1.15 bits per heavy atom. The minimum atomic E-state index is -0.899. The molecular formula is C25H30N2O6S. The molecule has 0 bridgehead atoms. The van der Waals surface area contributed by atoms with Crippen molar-refractivity contribution in [2.75, 3.05) is 26.2 Å². The standard InChI is InChI=1S/C25H30N2O6S/c1-25(2)13-20-17(21(28)14-25)12-18(22(29)26-19(10-11-34-5)24(31)33-4)23(30)27(20)15-6-8-16(32-3)9-7-15/h6-9,12,19H,10-11,13-14H2,1-5H3,(H,26,29). The number of hydrogen-bond donors (Lipinski definition) is 1. The third-order valence-corrected chi connectivity index (χ3v) is 6.51. The fourth-order valence-electron chi connectivity index (χ4n) is 4.14. The minimum Gasteiger partial charge on any atom is -0.497 e. The lowest BCUT2D eigenvalue weighted by atomic mass is 9.75. The Balaban J connectivity index is 2.14. The molecule has 1 aromatic carbocycles. The number of fused-ring (bicyclic) bond motifs is 1. The number of amides is 1. The molecule has 0 aliphatic heterocycles. The number of ether oxygens (including phenoxy) is 2. The van der Waals surface area contributed by atoms with Gasteiger partial charge < -0.3 is 14.8 Å². The Hall–Kier alpha value is -3.07. The molecule has 0 fully saturated rings. The van der Waals surface area contributed by atoms with E-state index in [-0.39, 0.29) is 16.8 Å². The largest absolute Gasteiger partial charge is 0.497 e. The number of ketones is 1. The Morgan fingerprint density at radius 2 is 1.82 bits per heavy atom. The second-order valence-corrected chi connectivity index (χ2v) is 10.0. The zero-order chi connectivity index (χ0) is 25.0. The number of esters is 1. The summed E-state index contributed by atoms with van der Waals surface area (Å²) in [7, 11) is 2.79. The second-order valence-electron chi connectivity index (χ2n) is 9.03. The van der Waals surface area contributed by atoms with Crippen molar-refractivity contribution in [2.45, 2.75) is 39.2 Å². The molecule has 9 heteroatoms. The summed E-state index contributed by atoms with van der Waals surface area (Å²) in [5.74, 6) is -0.202. The maximum Gasteiger partial charge on any atom is 0.328 e. The molecular weight excluding hydrogens is 456 g/mol. The Bertz CT molecular complexity index is 1150. The molecule has 1 aromatic heterocycles. The first-order chi connectivity index (χ1) is 16.1. The first kappa shape index (κ1) is 25.6. The van der Waals surface area contributed by atoms with Crippen LogP contribution in [-0.4, -0.2) is 54.5 Å². The highest BCUT2D eigenvalue weighted by atomic mass is 32.2. The predicted molar refractivity (Wildman–Crippen MR) is 131 cm³/mol. The van der Waals surface area contributed by atoms with Gasteiger partial charge in [-0.2, -0.15) is 11.8 Å². The third kappa shape index (κ3) is 5.35. The third-order valence-electron chi connectivity index (χ3n) is 5.87. The van der Waals surface area contributed by atoms with Crippen molar-refractivity contribution in [2.24, 2.45) is 5.41 Å². The zero-order valence-corrected chi connectivity index (χ0v) is 20.9. The summed E-state index contributed by atoms with van der Waals surface area (Å²) >= 11 is 1.53. The predicted octanol–water partition coefficient (Wildman–Crippen LogP) is 3.03. The van der Waals surface area contributed by atoms with Gasteiger partial charge in [0.15, 0.2) is 5.78 Å². The maximum atomic E-state index is 13.6. The van der Waals surface area contributed by atoms with Crippen LogP contribution < -0.4 is 15.6 Å². The number of aromatic nitrogens is 1. The molecule has 2 aromatic rings. The number of rotatable bonds is 8. The van der Waals surface area contributed by atoms with E-state index in [0.717, 1.165) is 0 Å². The van der Waals surface area contributed by atoms with Gasteiger partial charge >= 0.3 is 5.97 Å². The summed E-state index contributed by atoms with van der Waals surface area (Å²) in [5, 5.41) is 2.62. The molecule has 0 saturated heterocycles. The number of benzene rings is 1. The van der Waals surface area contributed by atoms with Crippen LogP contribution in [0.15, 0.2) is 35.1 Å². The molecule has 1 N–H and O–H groups in total. The number of nitrogens with zero attached hydrogens (tertiary/aromatic N) is 1. The van der Waals surface area contributed by atoms with Gasteiger partial charge in [-0.05, 0) is 60.6 Å². The van der Waals surface area contributed by atoms with Gasteiger partial charge in [-0.25, -0.2) is 4.79 Å². The molecule has 34 heavy (non-hydrogen) atoms. The van der Waals surface area contributed by atoms with Crippen LogP contribution in [0.4, 0.5) is 0 Å². The van der Waals surface area contributed by atoms with Crippen LogP contribution in [0.2, 0.25) is 0 Å². The lowest BCUT2D eigenvalue weighted by molar-refractivity contribution is -0.142. The summed E-state index contributed by atoms with van der Waals surface area (Å²) in [6, 6.07) is 7.32. The minimum absolute atomic E-state index is 0.130. The first-order valence-electron chi connectivity index (χ1n) is 11.0. The van der Waals surface area contributed by atoms with Gasteiger partial charge in [0.1, 0.15) is 17.4 Å². The number of thioether (sulfide) groups is 1. The fourth-order valence-corrected chi connectivity index (χ4v) is 4.62. The van der Waals surface area contributed by atoms with Crippen LogP contribution in [0.5, 0.6) is 5.75 Å². The first-order valence-corrected chi connectivity index (χ1v) is 12.4. The number of pyridine rings is 1. The van der Waals surface area contributed by atoms with Gasteiger partial charge in [0.05, 0.1) is 14.2 Å². The van der Waals surface area contributed by atoms with Crippen LogP contribution in [0.1, 0.15) is 53.1 Å². The Morgan fingerprint density at radius 3 is 2.41 bits per heavy atom. The van der Waals surface area contributed by atoms with E-state index in [4.69, 9.17) is 9.47 Å². The lowest BCUT2D eigenvalue weighted by Crippen LogP contribution is -2.45. The van der Waals surface area contributed by atoms with Crippen molar-refractivity contribution < 1.29 is 23.9 Å². The molecule has 0 saturated carbocycles. The topological polar surface area (TPSA) is 104 Å². The quantitative estimate of drug-likeness (QED) is 0.572. The summed E-state index contributed by atoms with van der Waals surface area (Å²) in [4.78, 5) is 52.0. The molecule has 8 nitrogen and oxygen atoms in total. The molecule has 1 heterocycles. The number of carbonyl (C=O) groups excluding carboxylic acids is 3. The average molecular weight is 487 g/mol. The molecule has 0 radical (unpaired) electrons. The molecule has 1 unspecified atom stereocenters. The monoisotopic (exact) mass is 486 g/mol.